The Morgan fingerprint density at radius 2 is 1.87 bits per heavy atom. The van der Waals surface area contributed by atoms with Gasteiger partial charge in [-0.3, -0.25) is 4.79 Å². The maximum absolute atomic E-state index is 13.4. The fourth-order valence-corrected chi connectivity index (χ4v) is 4.45. The van der Waals surface area contributed by atoms with Crippen LogP contribution >= 0.6 is 0 Å². The highest BCUT2D eigenvalue weighted by molar-refractivity contribution is 6.04. The molecule has 168 valence electrons. The van der Waals surface area contributed by atoms with Gasteiger partial charge in [0.1, 0.15) is 6.61 Å². The Kier molecular flexibility index (Phi) is 6.74. The molecule has 0 saturated heterocycles. The molecule has 0 bridgehead atoms. The van der Waals surface area contributed by atoms with E-state index >= 15 is 0 Å². The number of allylic oxidation sites excluding steroid dienone is 3. The van der Waals surface area contributed by atoms with Gasteiger partial charge < -0.3 is 24.3 Å². The fourth-order valence-electron chi connectivity index (χ4n) is 4.45. The van der Waals surface area contributed by atoms with E-state index in [4.69, 9.17) is 18.9 Å². The normalized spacial score (nSPS) is 20.2. The van der Waals surface area contributed by atoms with Crippen molar-refractivity contribution >= 4 is 11.8 Å². The van der Waals surface area contributed by atoms with Crippen LogP contribution in [0.4, 0.5) is 0 Å². The summed E-state index contributed by atoms with van der Waals surface area (Å²) in [5, 5.41) is 3.33. The van der Waals surface area contributed by atoms with Crippen molar-refractivity contribution in [2.45, 2.75) is 39.5 Å². The standard InChI is InChI=1S/C24H31NO6/c1-14-19(23(27)31-11-10-28-4)20(15-8-7-9-18(29-5)22(15)30-6)21-16(25-14)12-24(2,3)13-17(21)26/h7-9,20,25H,10-13H2,1-6H3/t20-/m1/s1. The van der Waals surface area contributed by atoms with Crippen molar-refractivity contribution in [2.75, 3.05) is 34.5 Å². The highest BCUT2D eigenvalue weighted by atomic mass is 16.6. The summed E-state index contributed by atoms with van der Waals surface area (Å²) in [7, 11) is 4.66. The van der Waals surface area contributed by atoms with E-state index in [1.54, 1.807) is 27.4 Å². The van der Waals surface area contributed by atoms with Gasteiger partial charge in [0.25, 0.3) is 0 Å². The highest BCUT2D eigenvalue weighted by Crippen LogP contribution is 2.50. The number of benzene rings is 1. The van der Waals surface area contributed by atoms with E-state index in [0.29, 0.717) is 53.4 Å². The van der Waals surface area contributed by atoms with Gasteiger partial charge >= 0.3 is 5.97 Å². The van der Waals surface area contributed by atoms with Crippen molar-refractivity contribution in [1.82, 2.24) is 5.32 Å². The molecule has 1 N–H and O–H groups in total. The SMILES string of the molecule is COCCOC(=O)C1=C(C)NC2=C(C(=O)CC(C)(C)C2)[C@@H]1c1cccc(OC)c1OC. The third kappa shape index (κ3) is 4.46. The molecule has 1 aromatic rings. The summed E-state index contributed by atoms with van der Waals surface area (Å²) >= 11 is 0. The summed E-state index contributed by atoms with van der Waals surface area (Å²) in [4.78, 5) is 26.5. The molecule has 1 aliphatic heterocycles. The first kappa shape index (κ1) is 22.9. The summed E-state index contributed by atoms with van der Waals surface area (Å²) < 4.78 is 21.6. The van der Waals surface area contributed by atoms with Gasteiger partial charge in [0.15, 0.2) is 17.3 Å². The molecule has 0 amide bonds. The van der Waals surface area contributed by atoms with Crippen LogP contribution in [0, 0.1) is 5.41 Å². The summed E-state index contributed by atoms with van der Waals surface area (Å²) in [5.74, 6) is -0.0465. The van der Waals surface area contributed by atoms with E-state index in [1.165, 1.54) is 0 Å². The van der Waals surface area contributed by atoms with E-state index < -0.39 is 11.9 Å². The van der Waals surface area contributed by atoms with Gasteiger partial charge in [-0.05, 0) is 24.8 Å². The van der Waals surface area contributed by atoms with Gasteiger partial charge in [-0.2, -0.15) is 0 Å². The topological polar surface area (TPSA) is 83.1 Å². The number of nitrogens with one attached hydrogen (secondary N) is 1. The molecule has 1 atom stereocenters. The first-order valence-electron chi connectivity index (χ1n) is 10.3. The molecule has 0 fully saturated rings. The van der Waals surface area contributed by atoms with Crippen LogP contribution in [0.1, 0.15) is 45.1 Å². The number of hydrogen-bond acceptors (Lipinski definition) is 7. The number of dihydropyridines is 1. The van der Waals surface area contributed by atoms with Crippen LogP contribution in [0.3, 0.4) is 0 Å². The summed E-state index contributed by atoms with van der Waals surface area (Å²) in [5.41, 5.74) is 3.04. The first-order chi connectivity index (χ1) is 14.7. The minimum atomic E-state index is -0.611. The second kappa shape index (κ2) is 9.14. The molecule has 1 aromatic carbocycles. The number of para-hydroxylation sites is 1. The minimum Gasteiger partial charge on any atom is -0.493 e. The van der Waals surface area contributed by atoms with Crippen molar-refractivity contribution in [3.8, 4) is 11.5 Å². The Bertz CT molecular complexity index is 943. The van der Waals surface area contributed by atoms with Gasteiger partial charge in [-0.25, -0.2) is 4.79 Å². The molecule has 0 radical (unpaired) electrons. The van der Waals surface area contributed by atoms with Crippen LogP contribution in [-0.4, -0.2) is 46.3 Å². The smallest absolute Gasteiger partial charge is 0.336 e. The van der Waals surface area contributed by atoms with Crippen LogP contribution in [0.15, 0.2) is 40.7 Å². The zero-order chi connectivity index (χ0) is 22.8. The lowest BCUT2D eigenvalue weighted by molar-refractivity contribution is -0.140. The van der Waals surface area contributed by atoms with Crippen LogP contribution in [-0.2, 0) is 19.1 Å². The summed E-state index contributed by atoms with van der Waals surface area (Å²) in [6.07, 6.45) is 1.11. The lowest BCUT2D eigenvalue weighted by atomic mass is 9.68. The van der Waals surface area contributed by atoms with E-state index in [2.05, 4.69) is 19.2 Å². The van der Waals surface area contributed by atoms with Crippen molar-refractivity contribution in [2.24, 2.45) is 5.41 Å². The van der Waals surface area contributed by atoms with E-state index in [1.807, 2.05) is 19.1 Å². The molecule has 0 spiro atoms. The van der Waals surface area contributed by atoms with Gasteiger partial charge in [0.2, 0.25) is 0 Å². The third-order valence-electron chi connectivity index (χ3n) is 5.72. The van der Waals surface area contributed by atoms with Crippen LogP contribution < -0.4 is 14.8 Å². The fraction of sp³-hybridized carbons (Fsp3) is 0.500. The monoisotopic (exact) mass is 429 g/mol. The third-order valence-corrected chi connectivity index (χ3v) is 5.72. The average Bonchev–Trinajstić information content (AvgIpc) is 2.71. The molecule has 1 aliphatic carbocycles. The van der Waals surface area contributed by atoms with Crippen molar-refractivity contribution in [1.29, 1.82) is 0 Å². The highest BCUT2D eigenvalue weighted by Gasteiger charge is 2.44. The number of ether oxygens (including phenoxy) is 4. The Morgan fingerprint density at radius 3 is 2.52 bits per heavy atom. The van der Waals surface area contributed by atoms with Crippen LogP contribution in [0.5, 0.6) is 11.5 Å². The zero-order valence-corrected chi connectivity index (χ0v) is 19.1. The second-order valence-corrected chi connectivity index (χ2v) is 8.64. The number of carbonyl (C=O) groups is 2. The number of hydrogen-bond donors (Lipinski definition) is 1. The number of Topliss-reactive ketones (excluding diaryl/α,β-unsaturated/α-hetero) is 1. The molecule has 7 nitrogen and oxygen atoms in total. The quantitative estimate of drug-likeness (QED) is 0.525. The van der Waals surface area contributed by atoms with Crippen molar-refractivity contribution in [3.63, 3.8) is 0 Å². The van der Waals surface area contributed by atoms with E-state index in [0.717, 1.165) is 5.70 Å². The Labute approximate surface area is 183 Å². The van der Waals surface area contributed by atoms with Crippen molar-refractivity contribution in [3.05, 3.63) is 46.3 Å². The molecule has 0 saturated carbocycles. The summed E-state index contributed by atoms with van der Waals surface area (Å²) in [6, 6.07) is 5.49. The lowest BCUT2D eigenvalue weighted by Gasteiger charge is -2.39. The Balaban J connectivity index is 2.19. The molecule has 7 heteroatoms. The summed E-state index contributed by atoms with van der Waals surface area (Å²) in [6.45, 7) is 6.40. The number of rotatable bonds is 7. The number of carbonyl (C=O) groups excluding carboxylic acids is 2. The first-order valence-corrected chi connectivity index (χ1v) is 10.3. The Hall–Kier alpha value is -2.80. The van der Waals surface area contributed by atoms with Gasteiger partial charge in [-0.15, -0.1) is 0 Å². The molecule has 2 aliphatic rings. The molecular formula is C24H31NO6. The lowest BCUT2D eigenvalue weighted by Crippen LogP contribution is -2.39. The number of methoxy groups -OCH3 is 3. The average molecular weight is 430 g/mol. The zero-order valence-electron chi connectivity index (χ0n) is 19.1. The molecule has 1 heterocycles. The van der Waals surface area contributed by atoms with E-state index in [9.17, 15) is 9.59 Å². The number of ketones is 1. The Morgan fingerprint density at radius 1 is 1.13 bits per heavy atom. The molecule has 0 unspecified atom stereocenters. The molecule has 0 aromatic heterocycles. The maximum atomic E-state index is 13.4. The number of esters is 1. The van der Waals surface area contributed by atoms with E-state index in [-0.39, 0.29) is 17.8 Å². The second-order valence-electron chi connectivity index (χ2n) is 8.64. The predicted molar refractivity (Wildman–Crippen MR) is 116 cm³/mol. The van der Waals surface area contributed by atoms with Crippen molar-refractivity contribution < 1.29 is 28.5 Å². The van der Waals surface area contributed by atoms with Gasteiger partial charge in [0.05, 0.1) is 32.3 Å². The largest absolute Gasteiger partial charge is 0.493 e. The van der Waals surface area contributed by atoms with Gasteiger partial charge in [0, 0.05) is 36.1 Å². The molecular weight excluding hydrogens is 398 g/mol. The van der Waals surface area contributed by atoms with Crippen LogP contribution in [0.2, 0.25) is 0 Å². The molecule has 3 rings (SSSR count). The maximum Gasteiger partial charge on any atom is 0.336 e. The molecule has 31 heavy (non-hydrogen) atoms. The minimum absolute atomic E-state index is 0.0170. The van der Waals surface area contributed by atoms with Crippen LogP contribution in [0.25, 0.3) is 0 Å². The predicted octanol–water partition coefficient (Wildman–Crippen LogP) is 3.50. The van der Waals surface area contributed by atoms with Gasteiger partial charge in [-0.1, -0.05) is 26.0 Å².